The molecule has 0 aromatic heterocycles. The van der Waals surface area contributed by atoms with E-state index in [1.54, 1.807) is 0 Å². The van der Waals surface area contributed by atoms with E-state index in [4.69, 9.17) is 0 Å². The van der Waals surface area contributed by atoms with Crippen LogP contribution in [-0.4, -0.2) is 17.8 Å². The zero-order valence-electron chi connectivity index (χ0n) is 12.6. The van der Waals surface area contributed by atoms with Crippen molar-refractivity contribution < 1.29 is 4.79 Å². The molecule has 0 saturated heterocycles. The monoisotopic (exact) mass is 331 g/mol. The van der Waals surface area contributed by atoms with Gasteiger partial charge in [0.15, 0.2) is 0 Å². The quantitative estimate of drug-likeness (QED) is 0.651. The van der Waals surface area contributed by atoms with Crippen LogP contribution in [0.1, 0.15) is 65.2 Å². The van der Waals surface area contributed by atoms with Crippen molar-refractivity contribution in [3.63, 3.8) is 0 Å². The van der Waals surface area contributed by atoms with E-state index in [-0.39, 0.29) is 11.8 Å². The molecule has 0 radical (unpaired) electrons. The minimum Gasteiger partial charge on any atom is -0.356 e. The molecule has 2 nitrogen and oxygen atoms in total. The van der Waals surface area contributed by atoms with Gasteiger partial charge in [0.2, 0.25) is 5.91 Å². The molecule has 19 heavy (non-hydrogen) atoms. The SMILES string of the molecule is CCCCC(CC)C(=O)NCC1CCCCC1CBr. The largest absolute Gasteiger partial charge is 0.356 e. The van der Waals surface area contributed by atoms with Crippen LogP contribution in [-0.2, 0) is 4.79 Å². The average molecular weight is 332 g/mol. The Bertz CT molecular complexity index is 257. The molecule has 1 fully saturated rings. The van der Waals surface area contributed by atoms with Crippen molar-refractivity contribution in [2.45, 2.75) is 65.2 Å². The molecule has 1 aliphatic rings. The predicted molar refractivity (Wildman–Crippen MR) is 85.6 cm³/mol. The summed E-state index contributed by atoms with van der Waals surface area (Å²) in [6.45, 7) is 5.20. The number of halogens is 1. The summed E-state index contributed by atoms with van der Waals surface area (Å²) in [6.07, 6.45) is 9.65. The van der Waals surface area contributed by atoms with E-state index in [2.05, 4.69) is 35.1 Å². The highest BCUT2D eigenvalue weighted by Gasteiger charge is 2.25. The maximum absolute atomic E-state index is 12.2. The third-order valence-corrected chi connectivity index (χ3v) is 5.40. The fraction of sp³-hybridized carbons (Fsp3) is 0.938. The summed E-state index contributed by atoms with van der Waals surface area (Å²) in [4.78, 5) is 12.2. The van der Waals surface area contributed by atoms with Gasteiger partial charge in [0.1, 0.15) is 0 Å². The van der Waals surface area contributed by atoms with Crippen molar-refractivity contribution in [2.75, 3.05) is 11.9 Å². The Morgan fingerprint density at radius 3 is 2.53 bits per heavy atom. The van der Waals surface area contributed by atoms with Gasteiger partial charge in [-0.25, -0.2) is 0 Å². The topological polar surface area (TPSA) is 29.1 Å². The molecule has 3 unspecified atom stereocenters. The minimum absolute atomic E-state index is 0.228. The lowest BCUT2D eigenvalue weighted by molar-refractivity contribution is -0.125. The molecule has 1 rings (SSSR count). The van der Waals surface area contributed by atoms with E-state index in [1.807, 2.05) is 0 Å². The van der Waals surface area contributed by atoms with Gasteiger partial charge in [0.05, 0.1) is 0 Å². The number of hydrogen-bond donors (Lipinski definition) is 1. The first-order valence-electron chi connectivity index (χ1n) is 8.06. The molecule has 0 bridgehead atoms. The van der Waals surface area contributed by atoms with Gasteiger partial charge in [-0.3, -0.25) is 4.79 Å². The van der Waals surface area contributed by atoms with E-state index >= 15 is 0 Å². The van der Waals surface area contributed by atoms with E-state index < -0.39 is 0 Å². The van der Waals surface area contributed by atoms with Crippen LogP contribution in [0.15, 0.2) is 0 Å². The number of alkyl halides is 1. The van der Waals surface area contributed by atoms with Gasteiger partial charge in [-0.2, -0.15) is 0 Å². The number of amides is 1. The lowest BCUT2D eigenvalue weighted by Crippen LogP contribution is -2.37. The number of rotatable bonds is 8. The molecule has 1 saturated carbocycles. The molecular formula is C16H30BrNO. The first kappa shape index (κ1) is 17.0. The molecule has 0 spiro atoms. The molecule has 1 aliphatic carbocycles. The molecule has 112 valence electrons. The maximum atomic E-state index is 12.2. The van der Waals surface area contributed by atoms with Gasteiger partial charge in [-0.15, -0.1) is 0 Å². The summed E-state index contributed by atoms with van der Waals surface area (Å²) in [7, 11) is 0. The van der Waals surface area contributed by atoms with Crippen LogP contribution >= 0.6 is 15.9 Å². The van der Waals surface area contributed by atoms with Crippen molar-refractivity contribution in [2.24, 2.45) is 17.8 Å². The lowest BCUT2D eigenvalue weighted by Gasteiger charge is -2.30. The number of carbonyl (C=O) groups excluding carboxylic acids is 1. The second kappa shape index (κ2) is 9.79. The summed E-state index contributed by atoms with van der Waals surface area (Å²) in [6, 6.07) is 0. The normalized spacial score (nSPS) is 25.0. The maximum Gasteiger partial charge on any atom is 0.223 e. The minimum atomic E-state index is 0.228. The molecule has 3 heteroatoms. The van der Waals surface area contributed by atoms with Crippen molar-refractivity contribution >= 4 is 21.8 Å². The third kappa shape index (κ3) is 5.85. The number of nitrogens with one attached hydrogen (secondary N) is 1. The van der Waals surface area contributed by atoms with E-state index in [0.717, 1.165) is 30.6 Å². The Kier molecular flexibility index (Phi) is 8.76. The van der Waals surface area contributed by atoms with Gasteiger partial charge in [0.25, 0.3) is 0 Å². The number of hydrogen-bond acceptors (Lipinski definition) is 1. The van der Waals surface area contributed by atoms with Crippen molar-refractivity contribution in [3.05, 3.63) is 0 Å². The standard InChI is InChI=1S/C16H30BrNO/c1-3-5-8-13(4-2)16(19)18-12-15-10-7-6-9-14(15)11-17/h13-15H,3-12H2,1-2H3,(H,18,19). The third-order valence-electron chi connectivity index (χ3n) is 4.57. The highest BCUT2D eigenvalue weighted by molar-refractivity contribution is 9.09. The molecule has 0 aromatic rings. The molecular weight excluding hydrogens is 302 g/mol. The summed E-state index contributed by atoms with van der Waals surface area (Å²) in [5.41, 5.74) is 0. The Morgan fingerprint density at radius 1 is 1.26 bits per heavy atom. The van der Waals surface area contributed by atoms with Gasteiger partial charge >= 0.3 is 0 Å². The fourth-order valence-corrected chi connectivity index (χ4v) is 3.96. The highest BCUT2D eigenvalue weighted by Crippen LogP contribution is 2.30. The van der Waals surface area contributed by atoms with Crippen LogP contribution in [0.4, 0.5) is 0 Å². The first-order chi connectivity index (χ1) is 9.22. The zero-order chi connectivity index (χ0) is 14.1. The second-order valence-corrected chi connectivity index (χ2v) is 6.60. The average Bonchev–Trinajstić information content (AvgIpc) is 2.46. The highest BCUT2D eigenvalue weighted by atomic mass is 79.9. The van der Waals surface area contributed by atoms with Gasteiger partial charge in [-0.1, -0.05) is 55.5 Å². The van der Waals surface area contributed by atoms with Gasteiger partial charge in [0, 0.05) is 17.8 Å². The molecule has 0 aliphatic heterocycles. The summed E-state index contributed by atoms with van der Waals surface area (Å²) in [5, 5.41) is 4.30. The summed E-state index contributed by atoms with van der Waals surface area (Å²) >= 11 is 3.62. The summed E-state index contributed by atoms with van der Waals surface area (Å²) < 4.78 is 0. The van der Waals surface area contributed by atoms with E-state index in [9.17, 15) is 4.79 Å². The zero-order valence-corrected chi connectivity index (χ0v) is 14.2. The molecule has 0 aromatic carbocycles. The van der Waals surface area contributed by atoms with Gasteiger partial charge in [-0.05, 0) is 37.5 Å². The molecule has 3 atom stereocenters. The van der Waals surface area contributed by atoms with Crippen molar-refractivity contribution in [3.8, 4) is 0 Å². The van der Waals surface area contributed by atoms with Crippen LogP contribution < -0.4 is 5.32 Å². The Hall–Kier alpha value is -0.0500. The fourth-order valence-electron chi connectivity index (χ4n) is 3.10. The van der Waals surface area contributed by atoms with Crippen LogP contribution in [0.5, 0.6) is 0 Å². The second-order valence-electron chi connectivity index (χ2n) is 5.95. The van der Waals surface area contributed by atoms with Crippen LogP contribution in [0.3, 0.4) is 0 Å². The number of unbranched alkanes of at least 4 members (excludes halogenated alkanes) is 1. The van der Waals surface area contributed by atoms with Crippen molar-refractivity contribution in [1.82, 2.24) is 5.32 Å². The van der Waals surface area contributed by atoms with Gasteiger partial charge < -0.3 is 5.32 Å². The van der Waals surface area contributed by atoms with Crippen LogP contribution in [0.25, 0.3) is 0 Å². The summed E-state index contributed by atoms with van der Waals surface area (Å²) in [5.74, 6) is 1.95. The van der Waals surface area contributed by atoms with E-state index in [1.165, 1.54) is 38.5 Å². The predicted octanol–water partition coefficient (Wildman–Crippen LogP) is 4.52. The Labute approximate surface area is 127 Å². The van der Waals surface area contributed by atoms with E-state index in [0.29, 0.717) is 5.92 Å². The molecule has 1 N–H and O–H groups in total. The van der Waals surface area contributed by atoms with Crippen LogP contribution in [0.2, 0.25) is 0 Å². The Balaban J connectivity index is 2.34. The van der Waals surface area contributed by atoms with Crippen LogP contribution in [0, 0.1) is 17.8 Å². The first-order valence-corrected chi connectivity index (χ1v) is 9.18. The Morgan fingerprint density at radius 2 is 1.95 bits per heavy atom. The smallest absolute Gasteiger partial charge is 0.223 e. The lowest BCUT2D eigenvalue weighted by atomic mass is 9.80. The number of carbonyl (C=O) groups is 1. The molecule has 1 amide bonds. The molecule has 0 heterocycles. The van der Waals surface area contributed by atoms with Crippen molar-refractivity contribution in [1.29, 1.82) is 0 Å².